The second-order valence-electron chi connectivity index (χ2n) is 6.42. The summed E-state index contributed by atoms with van der Waals surface area (Å²) in [6.07, 6.45) is -0.339. The van der Waals surface area contributed by atoms with Crippen LogP contribution >= 0.6 is 0 Å². The number of piperazine rings is 1. The molecular formula is C15H21BFN3O2. The van der Waals surface area contributed by atoms with E-state index >= 15 is 0 Å². The van der Waals surface area contributed by atoms with Crippen LogP contribution in [0.5, 0.6) is 0 Å². The van der Waals surface area contributed by atoms with Crippen molar-refractivity contribution in [3.05, 3.63) is 17.6 Å². The second kappa shape index (κ2) is 6.14. The fourth-order valence-corrected chi connectivity index (χ4v) is 2.23. The van der Waals surface area contributed by atoms with Gasteiger partial charge in [0.1, 0.15) is 13.4 Å². The quantitative estimate of drug-likeness (QED) is 0.735. The van der Waals surface area contributed by atoms with Gasteiger partial charge in [0.05, 0.1) is 0 Å². The monoisotopic (exact) mass is 305 g/mol. The normalized spacial score (nSPS) is 15.9. The number of hydrogen-bond donors (Lipinski definition) is 0. The highest BCUT2D eigenvalue weighted by molar-refractivity contribution is 6.33. The Balaban J connectivity index is 2.01. The summed E-state index contributed by atoms with van der Waals surface area (Å²) in [4.78, 5) is 19.7. The van der Waals surface area contributed by atoms with Gasteiger partial charge in [-0.2, -0.15) is 0 Å². The molecule has 0 N–H and O–H groups in total. The Bertz CT molecular complexity index is 567. The Morgan fingerprint density at radius 2 is 1.91 bits per heavy atom. The van der Waals surface area contributed by atoms with E-state index in [1.54, 1.807) is 11.8 Å². The number of halogens is 1. The van der Waals surface area contributed by atoms with E-state index in [1.165, 1.54) is 6.07 Å². The number of aryl methyl sites for hydroxylation is 1. The molecule has 0 unspecified atom stereocenters. The van der Waals surface area contributed by atoms with Gasteiger partial charge in [0.25, 0.3) is 0 Å². The highest BCUT2D eigenvalue weighted by atomic mass is 19.1. The molecule has 2 heterocycles. The maximum atomic E-state index is 14.0. The van der Waals surface area contributed by atoms with E-state index in [0.29, 0.717) is 37.3 Å². The third kappa shape index (κ3) is 3.90. The Morgan fingerprint density at radius 3 is 2.45 bits per heavy atom. The summed E-state index contributed by atoms with van der Waals surface area (Å²) in [6.45, 7) is 9.19. The van der Waals surface area contributed by atoms with Crippen molar-refractivity contribution in [1.29, 1.82) is 0 Å². The van der Waals surface area contributed by atoms with Crippen molar-refractivity contribution < 1.29 is 13.9 Å². The highest BCUT2D eigenvalue weighted by Gasteiger charge is 2.27. The zero-order valence-electron chi connectivity index (χ0n) is 13.5. The van der Waals surface area contributed by atoms with E-state index in [2.05, 4.69) is 4.98 Å². The van der Waals surface area contributed by atoms with Crippen LogP contribution in [0.2, 0.25) is 0 Å². The lowest BCUT2D eigenvalue weighted by Gasteiger charge is -2.36. The summed E-state index contributed by atoms with van der Waals surface area (Å²) in [6, 6.07) is 1.29. The first-order chi connectivity index (χ1) is 10.2. The highest BCUT2D eigenvalue weighted by Crippen LogP contribution is 2.19. The van der Waals surface area contributed by atoms with Crippen LogP contribution in [-0.2, 0) is 4.74 Å². The molecule has 1 aliphatic rings. The summed E-state index contributed by atoms with van der Waals surface area (Å²) < 4.78 is 19.3. The van der Waals surface area contributed by atoms with Crippen LogP contribution in [0, 0.1) is 12.7 Å². The average Bonchev–Trinajstić information content (AvgIpc) is 2.41. The number of ether oxygens (including phenoxy) is 1. The zero-order chi connectivity index (χ0) is 16.5. The van der Waals surface area contributed by atoms with Gasteiger partial charge in [-0.3, -0.25) is 0 Å². The van der Waals surface area contributed by atoms with E-state index in [9.17, 15) is 9.18 Å². The first kappa shape index (κ1) is 16.6. The van der Waals surface area contributed by atoms with Crippen molar-refractivity contribution in [3.8, 4) is 0 Å². The minimum atomic E-state index is -0.518. The number of pyridine rings is 1. The molecule has 2 radical (unpaired) electrons. The third-order valence-electron chi connectivity index (χ3n) is 3.42. The van der Waals surface area contributed by atoms with Gasteiger partial charge in [-0.05, 0) is 33.8 Å². The fraction of sp³-hybridized carbons (Fsp3) is 0.600. The molecule has 22 heavy (non-hydrogen) atoms. The van der Waals surface area contributed by atoms with Gasteiger partial charge >= 0.3 is 6.09 Å². The first-order valence-electron chi connectivity index (χ1n) is 7.33. The molecule has 7 heteroatoms. The number of rotatable bonds is 1. The lowest BCUT2D eigenvalue weighted by atomic mass is 9.94. The minimum Gasteiger partial charge on any atom is -0.444 e. The van der Waals surface area contributed by atoms with E-state index in [0.717, 1.165) is 0 Å². The van der Waals surface area contributed by atoms with Gasteiger partial charge in [0.2, 0.25) is 0 Å². The molecule has 1 aromatic heterocycles. The van der Waals surface area contributed by atoms with E-state index in [4.69, 9.17) is 12.6 Å². The first-order valence-corrected chi connectivity index (χ1v) is 7.33. The van der Waals surface area contributed by atoms with Crippen molar-refractivity contribution in [2.24, 2.45) is 0 Å². The molecule has 1 aromatic rings. The molecule has 0 aliphatic carbocycles. The summed E-state index contributed by atoms with van der Waals surface area (Å²) in [5.41, 5.74) is 0.426. The van der Waals surface area contributed by atoms with Crippen LogP contribution in [0.15, 0.2) is 6.07 Å². The summed E-state index contributed by atoms with van der Waals surface area (Å²) >= 11 is 0. The van der Waals surface area contributed by atoms with Crippen LogP contribution in [0.1, 0.15) is 26.5 Å². The number of hydrogen-bond acceptors (Lipinski definition) is 4. The fourth-order valence-electron chi connectivity index (χ4n) is 2.23. The number of anilines is 1. The minimum absolute atomic E-state index is 0.288. The van der Waals surface area contributed by atoms with Crippen molar-refractivity contribution >= 4 is 25.2 Å². The largest absolute Gasteiger partial charge is 0.444 e. The molecule has 0 spiro atoms. The van der Waals surface area contributed by atoms with Crippen molar-refractivity contribution in [3.63, 3.8) is 0 Å². The lowest BCUT2D eigenvalue weighted by Crippen LogP contribution is -2.50. The van der Waals surface area contributed by atoms with Crippen LogP contribution in [0.25, 0.3) is 0 Å². The Kier molecular flexibility index (Phi) is 4.63. The molecule has 1 aliphatic heterocycles. The van der Waals surface area contributed by atoms with E-state index in [-0.39, 0.29) is 11.9 Å². The predicted molar refractivity (Wildman–Crippen MR) is 84.3 cm³/mol. The smallest absolute Gasteiger partial charge is 0.410 e. The molecule has 1 saturated heterocycles. The van der Waals surface area contributed by atoms with Crippen molar-refractivity contribution in [2.45, 2.75) is 33.3 Å². The molecule has 118 valence electrons. The number of amides is 1. The molecule has 1 fully saturated rings. The maximum absolute atomic E-state index is 14.0. The summed E-state index contributed by atoms with van der Waals surface area (Å²) in [7, 11) is 5.65. The van der Waals surface area contributed by atoms with Gasteiger partial charge in [-0.15, -0.1) is 0 Å². The molecule has 5 nitrogen and oxygen atoms in total. The summed E-state index contributed by atoms with van der Waals surface area (Å²) in [5.74, 6) is -0.149. The Hall–Kier alpha value is -1.79. The molecule has 0 aromatic carbocycles. The van der Waals surface area contributed by atoms with Gasteiger partial charge < -0.3 is 14.5 Å². The van der Waals surface area contributed by atoms with Crippen LogP contribution < -0.4 is 10.4 Å². The van der Waals surface area contributed by atoms with Gasteiger partial charge in [-0.1, -0.05) is 5.46 Å². The third-order valence-corrected chi connectivity index (χ3v) is 3.42. The molecule has 0 atom stereocenters. The molecule has 1 amide bonds. The van der Waals surface area contributed by atoms with Crippen LogP contribution in [-0.4, -0.2) is 55.6 Å². The van der Waals surface area contributed by atoms with Crippen molar-refractivity contribution in [1.82, 2.24) is 9.88 Å². The van der Waals surface area contributed by atoms with Gasteiger partial charge in [-0.25, -0.2) is 14.2 Å². The van der Waals surface area contributed by atoms with E-state index < -0.39 is 11.4 Å². The molecule has 0 saturated carbocycles. The number of aromatic nitrogens is 1. The average molecular weight is 305 g/mol. The molecular weight excluding hydrogens is 284 g/mol. The van der Waals surface area contributed by atoms with Crippen molar-refractivity contribution in [2.75, 3.05) is 31.1 Å². The zero-order valence-corrected chi connectivity index (χ0v) is 13.5. The lowest BCUT2D eigenvalue weighted by molar-refractivity contribution is 0.0240. The number of nitrogens with zero attached hydrogens (tertiary/aromatic N) is 3. The number of carbonyl (C=O) groups is 1. The van der Waals surface area contributed by atoms with E-state index in [1.807, 2.05) is 25.7 Å². The van der Waals surface area contributed by atoms with Gasteiger partial charge in [0, 0.05) is 31.9 Å². The SMILES string of the molecule is [B]c1cc(F)c(N2CCN(C(=O)OC(C)(C)C)CC2)nc1C. The molecule has 0 bridgehead atoms. The van der Waals surface area contributed by atoms with Gasteiger partial charge in [0.15, 0.2) is 11.6 Å². The predicted octanol–water partition coefficient (Wildman–Crippen LogP) is 1.38. The topological polar surface area (TPSA) is 45.7 Å². The maximum Gasteiger partial charge on any atom is 0.410 e. The Morgan fingerprint density at radius 1 is 1.32 bits per heavy atom. The standard InChI is InChI=1S/C15H21BFN3O2/c1-10-11(16)9-12(17)13(18-10)19-5-7-20(8-6-19)14(21)22-15(2,3)4/h9H,5-8H2,1-4H3. The summed E-state index contributed by atoms with van der Waals surface area (Å²) in [5, 5.41) is 0. The van der Waals surface area contributed by atoms with Crippen LogP contribution in [0.3, 0.4) is 0 Å². The number of carbonyl (C=O) groups excluding carboxylic acids is 1. The second-order valence-corrected chi connectivity index (χ2v) is 6.42. The molecule has 2 rings (SSSR count). The van der Waals surface area contributed by atoms with Crippen LogP contribution in [0.4, 0.5) is 15.0 Å². The Labute approximate surface area is 131 Å².